The van der Waals surface area contributed by atoms with Gasteiger partial charge >= 0.3 is 11.9 Å². The van der Waals surface area contributed by atoms with Crippen LogP contribution >= 0.6 is 0 Å². The third-order valence-electron chi connectivity index (χ3n) is 5.78. The lowest BCUT2D eigenvalue weighted by molar-refractivity contribution is -0.167. The molecule has 0 aromatic carbocycles. The Morgan fingerprint density at radius 3 is 2.87 bits per heavy atom. The van der Waals surface area contributed by atoms with Crippen molar-refractivity contribution in [2.24, 2.45) is 11.8 Å². The molecule has 2 aliphatic carbocycles. The molecule has 0 aromatic rings. The first-order valence-corrected chi connectivity index (χ1v) is 8.67. The molecule has 0 radical (unpaired) electrons. The maximum atomic E-state index is 12.1. The van der Waals surface area contributed by atoms with Crippen LogP contribution < -0.4 is 0 Å². The van der Waals surface area contributed by atoms with Gasteiger partial charge < -0.3 is 9.47 Å². The van der Waals surface area contributed by atoms with Gasteiger partial charge in [0, 0.05) is 17.9 Å². The van der Waals surface area contributed by atoms with Crippen LogP contribution in [0, 0.1) is 11.8 Å². The van der Waals surface area contributed by atoms with E-state index in [1.807, 2.05) is 13.8 Å². The van der Waals surface area contributed by atoms with Crippen molar-refractivity contribution in [3.8, 4) is 0 Å². The number of allylic oxidation sites excluding steroid dienone is 1. The lowest BCUT2D eigenvalue weighted by Crippen LogP contribution is -2.44. The fraction of sp³-hybridized carbons (Fsp3) is 0.684. The average molecular weight is 318 g/mol. The first-order chi connectivity index (χ1) is 10.9. The van der Waals surface area contributed by atoms with Crippen LogP contribution in [-0.4, -0.2) is 23.6 Å². The Hall–Kier alpha value is -1.58. The van der Waals surface area contributed by atoms with E-state index in [0.717, 1.165) is 32.1 Å². The van der Waals surface area contributed by atoms with E-state index in [1.54, 1.807) is 0 Å². The molecule has 1 unspecified atom stereocenters. The van der Waals surface area contributed by atoms with Crippen LogP contribution in [0.3, 0.4) is 0 Å². The van der Waals surface area contributed by atoms with Crippen LogP contribution in [-0.2, 0) is 19.1 Å². The molecule has 4 heteroatoms. The van der Waals surface area contributed by atoms with E-state index in [2.05, 4.69) is 13.5 Å². The standard InChI is InChI=1S/C19H26O4/c1-5-6-15(20)23-19(4)10-9-13-11(2)7-8-14-12(3)18(21)22-17(14)16(13)19/h14,16-17H,3,5-10H2,1-2,4H3/t14-,16?,17-,19+/m0/s1. The Balaban J connectivity index is 1.95. The van der Waals surface area contributed by atoms with Crippen molar-refractivity contribution in [1.29, 1.82) is 0 Å². The van der Waals surface area contributed by atoms with Crippen molar-refractivity contribution in [1.82, 2.24) is 0 Å². The number of esters is 2. The summed E-state index contributed by atoms with van der Waals surface area (Å²) < 4.78 is 11.6. The molecule has 1 saturated carbocycles. The maximum Gasteiger partial charge on any atom is 0.334 e. The predicted octanol–water partition coefficient (Wildman–Crippen LogP) is 3.71. The van der Waals surface area contributed by atoms with Crippen LogP contribution in [0.25, 0.3) is 0 Å². The van der Waals surface area contributed by atoms with E-state index < -0.39 is 5.60 Å². The molecule has 4 nitrogen and oxygen atoms in total. The summed E-state index contributed by atoms with van der Waals surface area (Å²) in [6, 6.07) is 0. The number of fused-ring (bicyclic) bond motifs is 3. The molecule has 4 atom stereocenters. The van der Waals surface area contributed by atoms with Gasteiger partial charge in [-0.15, -0.1) is 0 Å². The third-order valence-corrected chi connectivity index (χ3v) is 5.78. The number of hydrogen-bond acceptors (Lipinski definition) is 4. The molecule has 126 valence electrons. The van der Waals surface area contributed by atoms with Crippen LogP contribution in [0.15, 0.2) is 23.3 Å². The molecule has 23 heavy (non-hydrogen) atoms. The summed E-state index contributed by atoms with van der Waals surface area (Å²) in [5.41, 5.74) is 2.69. The van der Waals surface area contributed by atoms with Gasteiger partial charge in [-0.3, -0.25) is 4.79 Å². The molecule has 1 heterocycles. The molecule has 0 aromatic heterocycles. The summed E-state index contributed by atoms with van der Waals surface area (Å²) in [5, 5.41) is 0. The average Bonchev–Trinajstić information content (AvgIpc) is 2.89. The summed E-state index contributed by atoms with van der Waals surface area (Å²) in [5.74, 6) is -0.424. The summed E-state index contributed by atoms with van der Waals surface area (Å²) in [4.78, 5) is 24.1. The van der Waals surface area contributed by atoms with Gasteiger partial charge in [-0.2, -0.15) is 0 Å². The zero-order valence-electron chi connectivity index (χ0n) is 14.3. The molecule has 1 saturated heterocycles. The second-order valence-electron chi connectivity index (χ2n) is 7.36. The van der Waals surface area contributed by atoms with Crippen LogP contribution in [0.5, 0.6) is 0 Å². The Morgan fingerprint density at radius 2 is 2.17 bits per heavy atom. The monoisotopic (exact) mass is 318 g/mol. The topological polar surface area (TPSA) is 52.6 Å². The van der Waals surface area contributed by atoms with Gasteiger partial charge in [0.05, 0.1) is 5.92 Å². The van der Waals surface area contributed by atoms with Crippen molar-refractivity contribution in [3.63, 3.8) is 0 Å². The molecule has 0 bridgehead atoms. The van der Waals surface area contributed by atoms with Crippen molar-refractivity contribution in [2.45, 2.75) is 71.0 Å². The normalized spacial score (nSPS) is 36.4. The second-order valence-corrected chi connectivity index (χ2v) is 7.36. The molecule has 2 fully saturated rings. The third kappa shape index (κ3) is 2.62. The van der Waals surface area contributed by atoms with Crippen molar-refractivity contribution < 1.29 is 19.1 Å². The van der Waals surface area contributed by atoms with E-state index in [9.17, 15) is 9.59 Å². The van der Waals surface area contributed by atoms with Crippen LogP contribution in [0.1, 0.15) is 59.3 Å². The van der Waals surface area contributed by atoms with Gasteiger partial charge in [0.25, 0.3) is 0 Å². The minimum Gasteiger partial charge on any atom is -0.459 e. The van der Waals surface area contributed by atoms with Crippen LogP contribution in [0.2, 0.25) is 0 Å². The van der Waals surface area contributed by atoms with Gasteiger partial charge in [0.2, 0.25) is 0 Å². The number of carbonyl (C=O) groups excluding carboxylic acids is 2. The fourth-order valence-electron chi connectivity index (χ4n) is 4.52. The highest BCUT2D eigenvalue weighted by Gasteiger charge is 2.56. The van der Waals surface area contributed by atoms with Crippen molar-refractivity contribution in [3.05, 3.63) is 23.3 Å². The lowest BCUT2D eigenvalue weighted by Gasteiger charge is -2.36. The van der Waals surface area contributed by atoms with E-state index >= 15 is 0 Å². The smallest absolute Gasteiger partial charge is 0.334 e. The van der Waals surface area contributed by atoms with E-state index in [1.165, 1.54) is 11.1 Å². The first kappa shape index (κ1) is 16.3. The van der Waals surface area contributed by atoms with Crippen LogP contribution in [0.4, 0.5) is 0 Å². The number of rotatable bonds is 3. The van der Waals surface area contributed by atoms with E-state index in [-0.39, 0.29) is 29.9 Å². The minimum absolute atomic E-state index is 0.0287. The first-order valence-electron chi connectivity index (χ1n) is 8.67. The summed E-state index contributed by atoms with van der Waals surface area (Å²) in [6.07, 6.45) is 4.54. The number of carbonyl (C=O) groups is 2. The van der Waals surface area contributed by atoms with Crippen molar-refractivity contribution in [2.75, 3.05) is 0 Å². The van der Waals surface area contributed by atoms with Gasteiger partial charge in [-0.25, -0.2) is 4.79 Å². The highest BCUT2D eigenvalue weighted by molar-refractivity contribution is 5.91. The molecule has 0 amide bonds. The summed E-state index contributed by atoms with van der Waals surface area (Å²) in [6.45, 7) is 10.1. The Labute approximate surface area is 137 Å². The number of ether oxygens (including phenoxy) is 2. The maximum absolute atomic E-state index is 12.1. The Kier molecular flexibility index (Phi) is 4.11. The molecule has 3 rings (SSSR count). The van der Waals surface area contributed by atoms with Crippen molar-refractivity contribution >= 4 is 11.9 Å². The zero-order chi connectivity index (χ0) is 16.8. The Bertz CT molecular complexity index is 588. The largest absolute Gasteiger partial charge is 0.459 e. The predicted molar refractivity (Wildman–Crippen MR) is 86.6 cm³/mol. The van der Waals surface area contributed by atoms with E-state index in [0.29, 0.717) is 12.0 Å². The SMILES string of the molecule is C=C1C(=O)O[C@@H]2C3C(=C(C)CC[C@@H]12)CC[C@@]3(C)OC(=O)CCC. The van der Waals surface area contributed by atoms with Gasteiger partial charge in [-0.1, -0.05) is 24.6 Å². The second kappa shape index (κ2) is 5.81. The lowest BCUT2D eigenvalue weighted by atomic mass is 9.79. The molecule has 1 aliphatic heterocycles. The van der Waals surface area contributed by atoms with Gasteiger partial charge in [0.15, 0.2) is 0 Å². The molecule has 0 N–H and O–H groups in total. The molecular weight excluding hydrogens is 292 g/mol. The highest BCUT2D eigenvalue weighted by Crippen LogP contribution is 2.53. The summed E-state index contributed by atoms with van der Waals surface area (Å²) >= 11 is 0. The molecule has 3 aliphatic rings. The Morgan fingerprint density at radius 1 is 1.43 bits per heavy atom. The fourth-order valence-corrected chi connectivity index (χ4v) is 4.52. The summed E-state index contributed by atoms with van der Waals surface area (Å²) in [7, 11) is 0. The molecule has 0 spiro atoms. The van der Waals surface area contributed by atoms with E-state index in [4.69, 9.17) is 9.47 Å². The quantitative estimate of drug-likeness (QED) is 0.452. The zero-order valence-corrected chi connectivity index (χ0v) is 14.3. The highest BCUT2D eigenvalue weighted by atomic mass is 16.6. The molecular formula is C19H26O4. The number of hydrogen-bond donors (Lipinski definition) is 0. The van der Waals surface area contributed by atoms with Gasteiger partial charge in [-0.05, 0) is 46.0 Å². The van der Waals surface area contributed by atoms with Gasteiger partial charge in [0.1, 0.15) is 11.7 Å². The minimum atomic E-state index is -0.582.